The standard InChI is InChI=1S/C16H19N3OS/c1-4-15(20)17-16-13-8-21-9-14(13)18-19(16)12-6-5-10(2)11(3)7-12/h5-7H,4,8-9H2,1-3H3,(H,17,20). The molecule has 3 rings (SSSR count). The lowest BCUT2D eigenvalue weighted by molar-refractivity contribution is -0.115. The lowest BCUT2D eigenvalue weighted by atomic mass is 10.1. The fourth-order valence-electron chi connectivity index (χ4n) is 2.41. The largest absolute Gasteiger partial charge is 0.310 e. The van der Waals surface area contributed by atoms with E-state index in [2.05, 4.69) is 37.4 Å². The molecular weight excluding hydrogens is 282 g/mol. The zero-order valence-corrected chi connectivity index (χ0v) is 13.4. The second-order valence-corrected chi connectivity index (χ2v) is 6.33. The lowest BCUT2D eigenvalue weighted by Gasteiger charge is -2.11. The molecule has 1 aliphatic rings. The van der Waals surface area contributed by atoms with E-state index in [-0.39, 0.29) is 5.91 Å². The van der Waals surface area contributed by atoms with Crippen LogP contribution in [0.4, 0.5) is 5.82 Å². The van der Waals surface area contributed by atoms with Crippen molar-refractivity contribution in [3.63, 3.8) is 0 Å². The van der Waals surface area contributed by atoms with Gasteiger partial charge in [0, 0.05) is 23.5 Å². The number of hydrogen-bond acceptors (Lipinski definition) is 3. The number of rotatable bonds is 3. The highest BCUT2D eigenvalue weighted by atomic mass is 32.2. The number of hydrogen-bond donors (Lipinski definition) is 1. The highest BCUT2D eigenvalue weighted by molar-refractivity contribution is 7.98. The first-order valence-electron chi connectivity index (χ1n) is 7.16. The first kappa shape index (κ1) is 14.2. The minimum absolute atomic E-state index is 0.0275. The van der Waals surface area contributed by atoms with Crippen LogP contribution in [0.3, 0.4) is 0 Å². The average molecular weight is 301 g/mol. The molecule has 2 heterocycles. The molecule has 0 unspecified atom stereocenters. The Kier molecular flexibility index (Phi) is 3.76. The summed E-state index contributed by atoms with van der Waals surface area (Å²) in [7, 11) is 0. The number of aryl methyl sites for hydroxylation is 2. The monoisotopic (exact) mass is 301 g/mol. The normalized spacial score (nSPS) is 13.3. The quantitative estimate of drug-likeness (QED) is 0.942. The van der Waals surface area contributed by atoms with E-state index in [4.69, 9.17) is 5.10 Å². The zero-order valence-electron chi connectivity index (χ0n) is 12.6. The van der Waals surface area contributed by atoms with Crippen molar-refractivity contribution < 1.29 is 4.79 Å². The molecular formula is C16H19N3OS. The zero-order chi connectivity index (χ0) is 15.0. The van der Waals surface area contributed by atoms with Gasteiger partial charge in [0.2, 0.25) is 5.91 Å². The van der Waals surface area contributed by atoms with Crippen LogP contribution in [0.5, 0.6) is 0 Å². The van der Waals surface area contributed by atoms with Crippen molar-refractivity contribution in [1.82, 2.24) is 9.78 Å². The minimum Gasteiger partial charge on any atom is -0.310 e. The summed E-state index contributed by atoms with van der Waals surface area (Å²) in [6.45, 7) is 6.05. The van der Waals surface area contributed by atoms with Gasteiger partial charge in [0.05, 0.1) is 11.4 Å². The van der Waals surface area contributed by atoms with E-state index in [0.29, 0.717) is 6.42 Å². The van der Waals surface area contributed by atoms with Crippen LogP contribution in [-0.4, -0.2) is 15.7 Å². The van der Waals surface area contributed by atoms with Crippen LogP contribution in [-0.2, 0) is 16.3 Å². The van der Waals surface area contributed by atoms with Gasteiger partial charge in [0.15, 0.2) is 0 Å². The van der Waals surface area contributed by atoms with Crippen LogP contribution in [0.25, 0.3) is 5.69 Å². The van der Waals surface area contributed by atoms with Crippen molar-refractivity contribution in [1.29, 1.82) is 0 Å². The molecule has 1 amide bonds. The van der Waals surface area contributed by atoms with Gasteiger partial charge in [0.25, 0.3) is 0 Å². The predicted octanol–water partition coefficient (Wildman–Crippen LogP) is 3.58. The Morgan fingerprint density at radius 3 is 2.86 bits per heavy atom. The smallest absolute Gasteiger partial charge is 0.225 e. The van der Waals surface area contributed by atoms with E-state index in [1.165, 1.54) is 16.7 Å². The maximum absolute atomic E-state index is 11.8. The van der Waals surface area contributed by atoms with Crippen molar-refractivity contribution in [3.05, 3.63) is 40.6 Å². The van der Waals surface area contributed by atoms with Gasteiger partial charge in [-0.25, -0.2) is 4.68 Å². The number of fused-ring (bicyclic) bond motifs is 1. The summed E-state index contributed by atoms with van der Waals surface area (Å²) >= 11 is 1.84. The van der Waals surface area contributed by atoms with Crippen molar-refractivity contribution in [3.8, 4) is 5.69 Å². The second-order valence-electron chi connectivity index (χ2n) is 5.35. The van der Waals surface area contributed by atoms with Gasteiger partial charge in [0.1, 0.15) is 5.82 Å². The maximum atomic E-state index is 11.8. The summed E-state index contributed by atoms with van der Waals surface area (Å²) in [6.07, 6.45) is 0.472. The maximum Gasteiger partial charge on any atom is 0.225 e. The molecule has 1 aromatic heterocycles. The number of carbonyl (C=O) groups is 1. The molecule has 0 fully saturated rings. The average Bonchev–Trinajstić information content (AvgIpc) is 3.04. The number of benzene rings is 1. The van der Waals surface area contributed by atoms with Crippen LogP contribution in [0.1, 0.15) is 35.7 Å². The summed E-state index contributed by atoms with van der Waals surface area (Å²) in [4.78, 5) is 11.8. The Morgan fingerprint density at radius 1 is 1.33 bits per heavy atom. The molecule has 5 heteroatoms. The summed E-state index contributed by atoms with van der Waals surface area (Å²) < 4.78 is 1.88. The van der Waals surface area contributed by atoms with Crippen molar-refractivity contribution in [2.45, 2.75) is 38.7 Å². The summed E-state index contributed by atoms with van der Waals surface area (Å²) in [5, 5.41) is 7.72. The van der Waals surface area contributed by atoms with Crippen molar-refractivity contribution in [2.24, 2.45) is 0 Å². The number of anilines is 1. The van der Waals surface area contributed by atoms with Crippen LogP contribution < -0.4 is 5.32 Å². The van der Waals surface area contributed by atoms with Gasteiger partial charge in [-0.15, -0.1) is 0 Å². The van der Waals surface area contributed by atoms with Gasteiger partial charge in [-0.2, -0.15) is 16.9 Å². The van der Waals surface area contributed by atoms with E-state index < -0.39 is 0 Å². The Hall–Kier alpha value is -1.75. The van der Waals surface area contributed by atoms with Gasteiger partial charge < -0.3 is 5.32 Å². The Morgan fingerprint density at radius 2 is 2.14 bits per heavy atom. The van der Waals surface area contributed by atoms with Crippen molar-refractivity contribution >= 4 is 23.5 Å². The topological polar surface area (TPSA) is 46.9 Å². The lowest BCUT2D eigenvalue weighted by Crippen LogP contribution is -2.14. The minimum atomic E-state index is 0.0275. The molecule has 21 heavy (non-hydrogen) atoms. The summed E-state index contributed by atoms with van der Waals surface area (Å²) in [5.74, 6) is 2.70. The number of carbonyl (C=O) groups excluding carboxylic acids is 1. The second kappa shape index (κ2) is 5.56. The Balaban J connectivity index is 2.09. The molecule has 0 atom stereocenters. The fourth-order valence-corrected chi connectivity index (χ4v) is 3.44. The highest BCUT2D eigenvalue weighted by Crippen LogP contribution is 2.36. The number of thioether (sulfide) groups is 1. The number of amides is 1. The molecule has 0 spiro atoms. The predicted molar refractivity (Wildman–Crippen MR) is 87.0 cm³/mol. The van der Waals surface area contributed by atoms with Crippen LogP contribution in [0.2, 0.25) is 0 Å². The molecule has 1 aliphatic heterocycles. The van der Waals surface area contributed by atoms with Crippen LogP contribution in [0, 0.1) is 13.8 Å². The third-order valence-electron chi connectivity index (χ3n) is 3.87. The molecule has 2 aromatic rings. The van der Waals surface area contributed by atoms with E-state index in [1.807, 2.05) is 23.4 Å². The van der Waals surface area contributed by atoms with Gasteiger partial charge in [-0.3, -0.25) is 4.79 Å². The van der Waals surface area contributed by atoms with Crippen LogP contribution in [0.15, 0.2) is 18.2 Å². The summed E-state index contributed by atoms with van der Waals surface area (Å²) in [5.41, 5.74) is 5.74. The SMILES string of the molecule is CCC(=O)Nc1c2c(nn1-c1ccc(C)c(C)c1)CSC2. The molecule has 0 bridgehead atoms. The Labute approximate surface area is 128 Å². The first-order chi connectivity index (χ1) is 10.1. The number of nitrogens with zero attached hydrogens (tertiary/aromatic N) is 2. The van der Waals surface area contributed by atoms with E-state index in [9.17, 15) is 4.79 Å². The molecule has 0 radical (unpaired) electrons. The van der Waals surface area contributed by atoms with E-state index >= 15 is 0 Å². The van der Waals surface area contributed by atoms with Gasteiger partial charge in [-0.05, 0) is 37.1 Å². The number of nitrogens with one attached hydrogen (secondary N) is 1. The molecule has 1 aromatic carbocycles. The summed E-state index contributed by atoms with van der Waals surface area (Å²) in [6, 6.07) is 6.27. The fraction of sp³-hybridized carbons (Fsp3) is 0.375. The van der Waals surface area contributed by atoms with Crippen molar-refractivity contribution in [2.75, 3.05) is 5.32 Å². The molecule has 1 N–H and O–H groups in total. The Bertz CT molecular complexity index is 706. The highest BCUT2D eigenvalue weighted by Gasteiger charge is 2.24. The third kappa shape index (κ3) is 2.58. The molecule has 110 valence electrons. The molecule has 4 nitrogen and oxygen atoms in total. The van der Waals surface area contributed by atoms with Gasteiger partial charge >= 0.3 is 0 Å². The van der Waals surface area contributed by atoms with Crippen LogP contribution >= 0.6 is 11.8 Å². The van der Waals surface area contributed by atoms with E-state index in [0.717, 1.165) is 28.7 Å². The molecule has 0 saturated carbocycles. The van der Waals surface area contributed by atoms with Gasteiger partial charge in [-0.1, -0.05) is 13.0 Å². The molecule has 0 aliphatic carbocycles. The first-order valence-corrected chi connectivity index (χ1v) is 8.31. The third-order valence-corrected chi connectivity index (χ3v) is 4.84. The molecule has 0 saturated heterocycles. The van der Waals surface area contributed by atoms with E-state index in [1.54, 1.807) is 0 Å². The number of aromatic nitrogens is 2.